The van der Waals surface area contributed by atoms with Crippen molar-refractivity contribution >= 4 is 31.6 Å². The summed E-state index contributed by atoms with van der Waals surface area (Å²) in [5.74, 6) is 1.95. The Morgan fingerprint density at radius 2 is 1.86 bits per heavy atom. The molecule has 0 spiro atoms. The van der Waals surface area contributed by atoms with Crippen molar-refractivity contribution in [2.45, 2.75) is 43.7 Å². The number of fused-ring (bicyclic) bond motifs is 1. The minimum Gasteiger partial charge on any atom is -0.452 e. The lowest BCUT2D eigenvalue weighted by molar-refractivity contribution is 0.0839. The van der Waals surface area contributed by atoms with Gasteiger partial charge in [0, 0.05) is 61.1 Å². The highest BCUT2D eigenvalue weighted by atomic mass is 32.2. The first kappa shape index (κ1) is 23.3. The molecule has 3 fully saturated rings. The lowest BCUT2D eigenvalue weighted by Crippen LogP contribution is -2.50. The first-order chi connectivity index (χ1) is 17.9. The molecule has 0 bridgehead atoms. The first-order valence-electron chi connectivity index (χ1n) is 12.7. The van der Waals surface area contributed by atoms with Crippen molar-refractivity contribution in [3.05, 3.63) is 42.6 Å². The second-order valence-corrected chi connectivity index (χ2v) is 13.2. The van der Waals surface area contributed by atoms with Crippen LogP contribution >= 0.6 is 11.3 Å². The zero-order valence-corrected chi connectivity index (χ0v) is 22.1. The number of rotatable bonds is 7. The summed E-state index contributed by atoms with van der Waals surface area (Å²) in [6.45, 7) is 2.43. The van der Waals surface area contributed by atoms with Crippen molar-refractivity contribution in [1.29, 1.82) is 0 Å². The van der Waals surface area contributed by atoms with Crippen LogP contribution in [0, 0.1) is 0 Å². The standard InChI is InChI=1S/C25H28N6O4S2/c1-37(32,33)29-13-19(14-29)30-12-17(11-27-30)23-10-20-25(36-23)21(4-7-26-20)35-22-15-31(18-2-3-18)28-24(22)16-5-8-34-9-6-16/h4,7,10-12,15-16,18-19H,2-3,5-6,8-9,13-14H2,1H3. The van der Waals surface area contributed by atoms with E-state index in [1.807, 2.05) is 23.1 Å². The van der Waals surface area contributed by atoms with Crippen LogP contribution in [0.3, 0.4) is 0 Å². The van der Waals surface area contributed by atoms with E-state index < -0.39 is 10.0 Å². The van der Waals surface area contributed by atoms with E-state index in [2.05, 4.69) is 27.0 Å². The zero-order chi connectivity index (χ0) is 25.1. The highest BCUT2D eigenvalue weighted by Gasteiger charge is 2.35. The number of nitrogens with zero attached hydrogens (tertiary/aromatic N) is 6. The maximum atomic E-state index is 11.7. The normalized spacial score (nSPS) is 19.9. The molecule has 4 aromatic rings. The SMILES string of the molecule is CS(=O)(=O)N1CC(n2cc(-c3cc4nccc(Oc5cn(C6CC6)nc5C5CCOCC5)c4s3)cn2)C1. The summed E-state index contributed by atoms with van der Waals surface area (Å²) >= 11 is 1.62. The van der Waals surface area contributed by atoms with Crippen molar-refractivity contribution in [3.63, 3.8) is 0 Å². The third-order valence-electron chi connectivity index (χ3n) is 7.41. The Morgan fingerprint density at radius 3 is 2.62 bits per heavy atom. The van der Waals surface area contributed by atoms with E-state index in [0.29, 0.717) is 25.0 Å². The Hall–Kier alpha value is -2.80. The Morgan fingerprint density at radius 1 is 1.05 bits per heavy atom. The van der Waals surface area contributed by atoms with Crippen molar-refractivity contribution in [2.24, 2.45) is 0 Å². The van der Waals surface area contributed by atoms with E-state index in [4.69, 9.17) is 14.6 Å². The molecular weight excluding hydrogens is 512 g/mol. The minimum absolute atomic E-state index is 0.0569. The van der Waals surface area contributed by atoms with E-state index in [9.17, 15) is 8.42 Å². The third-order valence-corrected chi connectivity index (χ3v) is 9.83. The molecule has 3 aliphatic rings. The Kier molecular flexibility index (Phi) is 5.61. The quantitative estimate of drug-likeness (QED) is 0.346. The van der Waals surface area contributed by atoms with Gasteiger partial charge < -0.3 is 9.47 Å². The number of aromatic nitrogens is 5. The van der Waals surface area contributed by atoms with Gasteiger partial charge >= 0.3 is 0 Å². The Bertz CT molecular complexity index is 1560. The predicted octanol–water partition coefficient (Wildman–Crippen LogP) is 4.19. The van der Waals surface area contributed by atoms with Crippen molar-refractivity contribution in [3.8, 4) is 21.9 Å². The summed E-state index contributed by atoms with van der Waals surface area (Å²) in [6.07, 6.45) is 13.2. The van der Waals surface area contributed by atoms with Crippen LogP contribution in [0.25, 0.3) is 20.7 Å². The van der Waals surface area contributed by atoms with Gasteiger partial charge in [-0.2, -0.15) is 14.5 Å². The molecule has 6 heterocycles. The molecule has 0 radical (unpaired) electrons. The number of hydrogen-bond donors (Lipinski definition) is 0. The molecule has 0 N–H and O–H groups in total. The highest BCUT2D eigenvalue weighted by Crippen LogP contribution is 2.43. The molecule has 0 atom stereocenters. The van der Waals surface area contributed by atoms with Crippen LogP contribution in [0.1, 0.15) is 49.4 Å². The summed E-state index contributed by atoms with van der Waals surface area (Å²) in [5, 5.41) is 9.46. The van der Waals surface area contributed by atoms with Gasteiger partial charge in [-0.25, -0.2) is 8.42 Å². The van der Waals surface area contributed by atoms with E-state index in [0.717, 1.165) is 63.9 Å². The first-order valence-corrected chi connectivity index (χ1v) is 15.3. The molecule has 0 amide bonds. The van der Waals surface area contributed by atoms with Gasteiger partial charge in [-0.3, -0.25) is 14.3 Å². The summed E-state index contributed by atoms with van der Waals surface area (Å²) in [7, 11) is -3.15. The average molecular weight is 541 g/mol. The average Bonchev–Trinajstić information content (AvgIpc) is 3.24. The van der Waals surface area contributed by atoms with Crippen molar-refractivity contribution in [1.82, 2.24) is 28.9 Å². The topological polar surface area (TPSA) is 104 Å². The van der Waals surface area contributed by atoms with Gasteiger partial charge in [0.05, 0.1) is 40.9 Å². The molecule has 37 heavy (non-hydrogen) atoms. The molecule has 2 aliphatic heterocycles. The van der Waals surface area contributed by atoms with E-state index >= 15 is 0 Å². The van der Waals surface area contributed by atoms with Gasteiger partial charge in [0.15, 0.2) is 5.75 Å². The van der Waals surface area contributed by atoms with Crippen LogP contribution < -0.4 is 4.74 Å². The number of thiophene rings is 1. The van der Waals surface area contributed by atoms with E-state index in [-0.39, 0.29) is 6.04 Å². The number of pyridine rings is 1. The van der Waals surface area contributed by atoms with Crippen LogP contribution in [0.4, 0.5) is 0 Å². The van der Waals surface area contributed by atoms with Gasteiger partial charge in [-0.15, -0.1) is 11.3 Å². The van der Waals surface area contributed by atoms with Gasteiger partial charge in [0.2, 0.25) is 10.0 Å². The second-order valence-electron chi connectivity index (χ2n) is 10.2. The zero-order valence-electron chi connectivity index (χ0n) is 20.5. The Balaban J connectivity index is 1.16. The van der Waals surface area contributed by atoms with Crippen LogP contribution in [0.2, 0.25) is 0 Å². The molecular formula is C25H28N6O4S2. The summed E-state index contributed by atoms with van der Waals surface area (Å²) in [5.41, 5.74) is 2.89. The van der Waals surface area contributed by atoms with E-state index in [1.54, 1.807) is 17.5 Å². The van der Waals surface area contributed by atoms with Crippen LogP contribution in [0.15, 0.2) is 36.9 Å². The minimum atomic E-state index is -3.15. The number of sulfonamides is 1. The number of hydrogen-bond acceptors (Lipinski definition) is 8. The van der Waals surface area contributed by atoms with Crippen LogP contribution in [-0.4, -0.2) is 69.8 Å². The molecule has 2 saturated heterocycles. The molecule has 10 nitrogen and oxygen atoms in total. The Labute approximate surface area is 218 Å². The van der Waals surface area contributed by atoms with Gasteiger partial charge in [0.1, 0.15) is 11.4 Å². The van der Waals surface area contributed by atoms with Crippen LogP contribution in [-0.2, 0) is 14.8 Å². The fourth-order valence-electron chi connectivity index (χ4n) is 5.02. The second kappa shape index (κ2) is 8.90. The molecule has 0 unspecified atom stereocenters. The lowest BCUT2D eigenvalue weighted by Gasteiger charge is -2.36. The molecule has 7 rings (SSSR count). The summed E-state index contributed by atoms with van der Waals surface area (Å²) in [4.78, 5) is 5.63. The summed E-state index contributed by atoms with van der Waals surface area (Å²) < 4.78 is 41.9. The molecule has 12 heteroatoms. The van der Waals surface area contributed by atoms with Crippen molar-refractivity contribution in [2.75, 3.05) is 32.6 Å². The smallest absolute Gasteiger partial charge is 0.211 e. The van der Waals surface area contributed by atoms with Gasteiger partial charge in [-0.05, 0) is 31.7 Å². The molecule has 0 aromatic carbocycles. The van der Waals surface area contributed by atoms with Gasteiger partial charge in [-0.1, -0.05) is 0 Å². The molecule has 1 aliphatic carbocycles. The monoisotopic (exact) mass is 540 g/mol. The van der Waals surface area contributed by atoms with Crippen LogP contribution in [0.5, 0.6) is 11.5 Å². The fraction of sp³-hybridized carbons (Fsp3) is 0.480. The van der Waals surface area contributed by atoms with Crippen molar-refractivity contribution < 1.29 is 17.9 Å². The van der Waals surface area contributed by atoms with E-state index in [1.165, 1.54) is 23.4 Å². The highest BCUT2D eigenvalue weighted by molar-refractivity contribution is 7.88. The molecule has 4 aromatic heterocycles. The summed E-state index contributed by atoms with van der Waals surface area (Å²) in [6, 6.07) is 4.52. The fourth-order valence-corrected chi connectivity index (χ4v) is 6.95. The predicted molar refractivity (Wildman–Crippen MR) is 140 cm³/mol. The largest absolute Gasteiger partial charge is 0.452 e. The third kappa shape index (κ3) is 4.45. The molecule has 194 valence electrons. The number of ether oxygens (including phenoxy) is 2. The van der Waals surface area contributed by atoms with Gasteiger partial charge in [0.25, 0.3) is 0 Å². The lowest BCUT2D eigenvalue weighted by atomic mass is 9.96. The maximum Gasteiger partial charge on any atom is 0.211 e. The maximum absolute atomic E-state index is 11.7. The molecule has 1 saturated carbocycles.